The van der Waals surface area contributed by atoms with Crippen molar-refractivity contribution in [2.45, 2.75) is 55.1 Å². The fourth-order valence-electron chi connectivity index (χ4n) is 2.68. The number of anilines is 1. The summed E-state index contributed by atoms with van der Waals surface area (Å²) in [6.07, 6.45) is 4.50. The fourth-order valence-corrected chi connectivity index (χ4v) is 3.31. The van der Waals surface area contributed by atoms with Gasteiger partial charge in [-0.2, -0.15) is 13.2 Å². The number of benzene rings is 1. The van der Waals surface area contributed by atoms with Crippen LogP contribution in [0, 0.1) is 0 Å². The summed E-state index contributed by atoms with van der Waals surface area (Å²) >= 11 is -0.0627. The number of rotatable bonds is 5. The number of para-hydroxylation sites is 1. The average Bonchev–Trinajstić information content (AvgIpc) is 2.40. The van der Waals surface area contributed by atoms with Crippen LogP contribution in [0.25, 0.3) is 0 Å². The Morgan fingerprint density at radius 1 is 1.33 bits per heavy atom. The molecular weight excluding hydrogens is 297 g/mol. The Hall–Kier alpha value is -0.880. The van der Waals surface area contributed by atoms with Gasteiger partial charge >= 0.3 is 5.51 Å². The minimum Gasteiger partial charge on any atom is -0.382 e. The Kier molecular flexibility index (Phi) is 5.81. The molecule has 1 aromatic rings. The molecule has 2 rings (SSSR count). The number of halogens is 3. The van der Waals surface area contributed by atoms with Crippen LogP contribution in [0.5, 0.6) is 0 Å². The van der Waals surface area contributed by atoms with Crippen molar-refractivity contribution in [3.63, 3.8) is 0 Å². The molecule has 1 aliphatic heterocycles. The van der Waals surface area contributed by atoms with E-state index in [1.54, 1.807) is 18.2 Å². The molecule has 0 amide bonds. The van der Waals surface area contributed by atoms with Crippen LogP contribution < -0.4 is 10.6 Å². The van der Waals surface area contributed by atoms with Crippen molar-refractivity contribution < 1.29 is 13.2 Å². The lowest BCUT2D eigenvalue weighted by molar-refractivity contribution is -0.0327. The van der Waals surface area contributed by atoms with Gasteiger partial charge in [-0.15, -0.1) is 0 Å². The summed E-state index contributed by atoms with van der Waals surface area (Å²) in [5.41, 5.74) is -3.70. The summed E-state index contributed by atoms with van der Waals surface area (Å²) in [6, 6.07) is 7.20. The third-order valence-electron chi connectivity index (χ3n) is 3.57. The Bertz CT molecular complexity index is 445. The third-order valence-corrected chi connectivity index (χ3v) is 4.37. The number of hydrogen-bond donors (Lipinski definition) is 2. The van der Waals surface area contributed by atoms with Crippen molar-refractivity contribution in [1.82, 2.24) is 5.32 Å². The molecule has 1 aliphatic rings. The quantitative estimate of drug-likeness (QED) is 0.774. The van der Waals surface area contributed by atoms with E-state index >= 15 is 0 Å². The summed E-state index contributed by atoms with van der Waals surface area (Å²) in [6.45, 7) is 3.06. The highest BCUT2D eigenvalue weighted by molar-refractivity contribution is 8.00. The number of piperidine rings is 1. The second-order valence-electron chi connectivity index (χ2n) is 5.47. The molecule has 2 atom stereocenters. The van der Waals surface area contributed by atoms with Crippen LogP contribution in [0.4, 0.5) is 18.9 Å². The maximum atomic E-state index is 12.6. The summed E-state index contributed by atoms with van der Waals surface area (Å²) in [5, 5.41) is 6.68. The number of thioether (sulfide) groups is 1. The second-order valence-corrected chi connectivity index (χ2v) is 6.58. The topological polar surface area (TPSA) is 24.1 Å². The highest BCUT2D eigenvalue weighted by atomic mass is 32.2. The lowest BCUT2D eigenvalue weighted by atomic mass is 9.99. The van der Waals surface area contributed by atoms with Gasteiger partial charge in [-0.25, -0.2) is 0 Å². The van der Waals surface area contributed by atoms with Crippen LogP contribution in [-0.4, -0.2) is 24.1 Å². The summed E-state index contributed by atoms with van der Waals surface area (Å²) in [7, 11) is 0. The first-order chi connectivity index (χ1) is 9.94. The van der Waals surface area contributed by atoms with Crippen LogP contribution in [-0.2, 0) is 0 Å². The second kappa shape index (κ2) is 7.40. The zero-order valence-corrected chi connectivity index (χ0v) is 12.9. The molecule has 2 unspecified atom stereocenters. The van der Waals surface area contributed by atoms with Crippen LogP contribution >= 0.6 is 11.8 Å². The van der Waals surface area contributed by atoms with E-state index in [2.05, 4.69) is 10.6 Å². The molecule has 2 N–H and O–H groups in total. The van der Waals surface area contributed by atoms with Crippen LogP contribution in [0.15, 0.2) is 29.2 Å². The van der Waals surface area contributed by atoms with Gasteiger partial charge in [-0.05, 0) is 56.6 Å². The molecule has 118 valence electrons. The van der Waals surface area contributed by atoms with Crippen LogP contribution in [0.3, 0.4) is 0 Å². The maximum absolute atomic E-state index is 12.6. The lowest BCUT2D eigenvalue weighted by Crippen LogP contribution is -2.37. The van der Waals surface area contributed by atoms with Gasteiger partial charge in [0.05, 0.1) is 0 Å². The van der Waals surface area contributed by atoms with Crippen molar-refractivity contribution in [2.24, 2.45) is 0 Å². The van der Waals surface area contributed by atoms with E-state index in [0.717, 1.165) is 19.4 Å². The SMILES string of the molecule is CC(CC1CCCCN1)Nc1ccccc1SC(F)(F)F. The molecule has 1 fully saturated rings. The normalized spacial score (nSPS) is 21.0. The average molecular weight is 318 g/mol. The first-order valence-corrected chi connectivity index (χ1v) is 8.10. The Balaban J connectivity index is 1.94. The molecule has 0 spiro atoms. The summed E-state index contributed by atoms with van der Waals surface area (Å²) < 4.78 is 37.7. The number of hydrogen-bond acceptors (Lipinski definition) is 3. The van der Waals surface area contributed by atoms with E-state index in [4.69, 9.17) is 0 Å². The lowest BCUT2D eigenvalue weighted by Gasteiger charge is -2.27. The van der Waals surface area contributed by atoms with Crippen molar-refractivity contribution >= 4 is 17.4 Å². The van der Waals surface area contributed by atoms with Crippen molar-refractivity contribution in [3.8, 4) is 0 Å². The summed E-state index contributed by atoms with van der Waals surface area (Å²) in [5.74, 6) is 0. The minimum atomic E-state index is -4.26. The van der Waals surface area contributed by atoms with Gasteiger partial charge in [0, 0.05) is 22.7 Å². The van der Waals surface area contributed by atoms with E-state index < -0.39 is 5.51 Å². The van der Waals surface area contributed by atoms with E-state index in [9.17, 15) is 13.2 Å². The smallest absolute Gasteiger partial charge is 0.382 e. The van der Waals surface area contributed by atoms with E-state index in [0.29, 0.717) is 11.7 Å². The molecule has 1 heterocycles. The highest BCUT2D eigenvalue weighted by Gasteiger charge is 2.30. The Morgan fingerprint density at radius 2 is 2.10 bits per heavy atom. The fraction of sp³-hybridized carbons (Fsp3) is 0.600. The molecule has 0 saturated carbocycles. The molecule has 0 bridgehead atoms. The van der Waals surface area contributed by atoms with Gasteiger partial charge in [-0.1, -0.05) is 18.6 Å². The van der Waals surface area contributed by atoms with Crippen molar-refractivity contribution in [2.75, 3.05) is 11.9 Å². The zero-order valence-electron chi connectivity index (χ0n) is 12.0. The molecule has 21 heavy (non-hydrogen) atoms. The molecule has 0 aromatic heterocycles. The molecule has 1 saturated heterocycles. The van der Waals surface area contributed by atoms with Gasteiger partial charge in [0.2, 0.25) is 0 Å². The molecule has 1 aromatic carbocycles. The predicted octanol–water partition coefficient (Wildman–Crippen LogP) is 4.63. The van der Waals surface area contributed by atoms with Crippen LogP contribution in [0.1, 0.15) is 32.6 Å². The van der Waals surface area contributed by atoms with Gasteiger partial charge < -0.3 is 10.6 Å². The van der Waals surface area contributed by atoms with Crippen LogP contribution in [0.2, 0.25) is 0 Å². The standard InChI is InChI=1S/C15H21F3N2S/c1-11(10-12-6-4-5-9-19-12)20-13-7-2-3-8-14(13)21-15(16,17)18/h2-3,7-8,11-12,19-20H,4-6,9-10H2,1H3. The summed E-state index contributed by atoms with van der Waals surface area (Å²) in [4.78, 5) is 0.230. The Morgan fingerprint density at radius 3 is 2.76 bits per heavy atom. The molecular formula is C15H21F3N2S. The maximum Gasteiger partial charge on any atom is 0.446 e. The zero-order chi connectivity index (χ0) is 15.3. The van der Waals surface area contributed by atoms with Gasteiger partial charge in [-0.3, -0.25) is 0 Å². The Labute approximate surface area is 127 Å². The minimum absolute atomic E-state index is 0.0627. The largest absolute Gasteiger partial charge is 0.446 e. The van der Waals surface area contributed by atoms with Crippen molar-refractivity contribution in [1.29, 1.82) is 0 Å². The number of nitrogens with one attached hydrogen (secondary N) is 2. The van der Waals surface area contributed by atoms with Gasteiger partial charge in [0.1, 0.15) is 0 Å². The van der Waals surface area contributed by atoms with E-state index in [-0.39, 0.29) is 22.7 Å². The monoisotopic (exact) mass is 318 g/mol. The van der Waals surface area contributed by atoms with E-state index in [1.165, 1.54) is 18.9 Å². The first-order valence-electron chi connectivity index (χ1n) is 7.29. The molecule has 0 aliphatic carbocycles. The molecule has 0 radical (unpaired) electrons. The highest BCUT2D eigenvalue weighted by Crippen LogP contribution is 2.40. The van der Waals surface area contributed by atoms with Crippen molar-refractivity contribution in [3.05, 3.63) is 24.3 Å². The van der Waals surface area contributed by atoms with E-state index in [1.807, 2.05) is 6.92 Å². The van der Waals surface area contributed by atoms with Gasteiger partial charge in [0.15, 0.2) is 0 Å². The number of alkyl halides is 3. The molecule has 2 nitrogen and oxygen atoms in total. The molecule has 6 heteroatoms. The predicted molar refractivity (Wildman–Crippen MR) is 81.7 cm³/mol. The van der Waals surface area contributed by atoms with Gasteiger partial charge in [0.25, 0.3) is 0 Å². The third kappa shape index (κ3) is 5.79. The first kappa shape index (κ1) is 16.5.